The fourth-order valence-corrected chi connectivity index (χ4v) is 2.40. The fraction of sp³-hybridized carbons (Fsp3) is 0.500. The third kappa shape index (κ3) is 1.97. The fourth-order valence-electron chi connectivity index (χ4n) is 2.40. The number of benzene rings is 1. The third-order valence-electron chi connectivity index (χ3n) is 3.17. The van der Waals surface area contributed by atoms with Gasteiger partial charge in [-0.05, 0) is 24.3 Å². The van der Waals surface area contributed by atoms with Gasteiger partial charge in [-0.3, -0.25) is 0 Å². The summed E-state index contributed by atoms with van der Waals surface area (Å²) in [5, 5.41) is 9.19. The molecule has 0 bridgehead atoms. The standard InChI is InChI=1S/C12H17NO/c14-13-12(11-8-4-5-9-11)10-6-2-1-3-7-10/h1-3,6-7,11-14H,4-5,8-9H2/t12-/m1/s1. The van der Waals surface area contributed by atoms with Crippen molar-refractivity contribution in [1.29, 1.82) is 0 Å². The smallest absolute Gasteiger partial charge is 0.0597 e. The van der Waals surface area contributed by atoms with Crippen LogP contribution in [0.15, 0.2) is 30.3 Å². The van der Waals surface area contributed by atoms with Crippen LogP contribution >= 0.6 is 0 Å². The molecule has 1 aromatic rings. The van der Waals surface area contributed by atoms with Crippen LogP contribution in [0.4, 0.5) is 0 Å². The van der Waals surface area contributed by atoms with Crippen molar-refractivity contribution in [2.75, 3.05) is 0 Å². The second-order valence-electron chi connectivity index (χ2n) is 4.06. The molecule has 0 aromatic heterocycles. The summed E-state index contributed by atoms with van der Waals surface area (Å²) in [6.45, 7) is 0. The van der Waals surface area contributed by atoms with Crippen LogP contribution in [0.2, 0.25) is 0 Å². The van der Waals surface area contributed by atoms with Gasteiger partial charge in [0, 0.05) is 0 Å². The van der Waals surface area contributed by atoms with Crippen molar-refractivity contribution in [3.8, 4) is 0 Å². The molecule has 2 N–H and O–H groups in total. The van der Waals surface area contributed by atoms with Crippen molar-refractivity contribution < 1.29 is 5.21 Å². The van der Waals surface area contributed by atoms with E-state index in [1.807, 2.05) is 18.2 Å². The molecule has 0 saturated heterocycles. The van der Waals surface area contributed by atoms with E-state index in [1.165, 1.54) is 31.2 Å². The van der Waals surface area contributed by atoms with E-state index in [9.17, 15) is 5.21 Å². The van der Waals surface area contributed by atoms with E-state index in [0.29, 0.717) is 5.92 Å². The summed E-state index contributed by atoms with van der Waals surface area (Å²) in [6.07, 6.45) is 5.06. The molecule has 76 valence electrons. The zero-order chi connectivity index (χ0) is 9.80. The van der Waals surface area contributed by atoms with Gasteiger partial charge in [-0.25, -0.2) is 0 Å². The molecule has 14 heavy (non-hydrogen) atoms. The van der Waals surface area contributed by atoms with Crippen molar-refractivity contribution in [3.63, 3.8) is 0 Å². The number of hydrogen-bond acceptors (Lipinski definition) is 2. The lowest BCUT2D eigenvalue weighted by atomic mass is 9.92. The summed E-state index contributed by atoms with van der Waals surface area (Å²) in [7, 11) is 0. The van der Waals surface area contributed by atoms with Gasteiger partial charge in [-0.1, -0.05) is 43.2 Å². The van der Waals surface area contributed by atoms with Crippen molar-refractivity contribution in [2.45, 2.75) is 31.7 Å². The van der Waals surface area contributed by atoms with Crippen molar-refractivity contribution in [2.24, 2.45) is 5.92 Å². The van der Waals surface area contributed by atoms with Crippen LogP contribution in [0.3, 0.4) is 0 Å². The van der Waals surface area contributed by atoms with Crippen molar-refractivity contribution >= 4 is 0 Å². The van der Waals surface area contributed by atoms with E-state index >= 15 is 0 Å². The molecule has 0 radical (unpaired) electrons. The Morgan fingerprint density at radius 2 is 1.79 bits per heavy atom. The maximum absolute atomic E-state index is 9.19. The Hall–Kier alpha value is -0.860. The van der Waals surface area contributed by atoms with Crippen molar-refractivity contribution in [3.05, 3.63) is 35.9 Å². The molecule has 2 heteroatoms. The Bertz CT molecular complexity index is 267. The number of hydrogen-bond donors (Lipinski definition) is 2. The normalized spacial score (nSPS) is 19.8. The molecule has 1 saturated carbocycles. The zero-order valence-corrected chi connectivity index (χ0v) is 8.32. The highest BCUT2D eigenvalue weighted by Gasteiger charge is 2.25. The largest absolute Gasteiger partial charge is 0.316 e. The lowest BCUT2D eigenvalue weighted by Crippen LogP contribution is -2.23. The van der Waals surface area contributed by atoms with Crippen molar-refractivity contribution in [1.82, 2.24) is 5.48 Å². The predicted molar refractivity (Wildman–Crippen MR) is 56.1 cm³/mol. The third-order valence-corrected chi connectivity index (χ3v) is 3.17. The summed E-state index contributed by atoms with van der Waals surface area (Å²) in [5.74, 6) is 0.599. The lowest BCUT2D eigenvalue weighted by molar-refractivity contribution is 0.0977. The molecular weight excluding hydrogens is 174 g/mol. The van der Waals surface area contributed by atoms with Gasteiger partial charge in [0.15, 0.2) is 0 Å². The second-order valence-corrected chi connectivity index (χ2v) is 4.06. The molecule has 2 rings (SSSR count). The first-order valence-electron chi connectivity index (χ1n) is 5.36. The Morgan fingerprint density at radius 1 is 1.14 bits per heavy atom. The molecular formula is C12H17NO. The van der Waals surface area contributed by atoms with Crippen LogP contribution in [0.1, 0.15) is 37.3 Å². The van der Waals surface area contributed by atoms with Gasteiger partial charge in [0.25, 0.3) is 0 Å². The summed E-state index contributed by atoms with van der Waals surface area (Å²) in [5.41, 5.74) is 3.66. The first-order valence-corrected chi connectivity index (χ1v) is 5.36. The highest BCUT2D eigenvalue weighted by molar-refractivity contribution is 5.19. The molecule has 1 aliphatic rings. The highest BCUT2D eigenvalue weighted by Crippen LogP contribution is 2.35. The minimum atomic E-state index is 0.124. The van der Waals surface area contributed by atoms with E-state index in [4.69, 9.17) is 0 Å². The van der Waals surface area contributed by atoms with Gasteiger partial charge in [0.05, 0.1) is 6.04 Å². The van der Waals surface area contributed by atoms with Crippen LogP contribution < -0.4 is 5.48 Å². The maximum atomic E-state index is 9.19. The van der Waals surface area contributed by atoms with Crippen LogP contribution in [-0.2, 0) is 0 Å². The minimum Gasteiger partial charge on any atom is -0.316 e. The quantitative estimate of drug-likeness (QED) is 0.720. The number of rotatable bonds is 3. The van der Waals surface area contributed by atoms with Crippen LogP contribution in [-0.4, -0.2) is 5.21 Å². The van der Waals surface area contributed by atoms with E-state index in [-0.39, 0.29) is 6.04 Å². The SMILES string of the molecule is ON[C@H](c1ccccc1)C1CCCC1. The summed E-state index contributed by atoms with van der Waals surface area (Å²) >= 11 is 0. The molecule has 0 unspecified atom stereocenters. The second kappa shape index (κ2) is 4.58. The van der Waals surface area contributed by atoms with E-state index < -0.39 is 0 Å². The molecule has 0 aliphatic heterocycles. The molecule has 0 spiro atoms. The average molecular weight is 191 g/mol. The Kier molecular flexibility index (Phi) is 3.17. The summed E-state index contributed by atoms with van der Waals surface area (Å²) in [6, 6.07) is 10.3. The van der Waals surface area contributed by atoms with Gasteiger partial charge in [0.1, 0.15) is 0 Å². The van der Waals surface area contributed by atoms with Crippen LogP contribution in [0.5, 0.6) is 0 Å². The van der Waals surface area contributed by atoms with Gasteiger partial charge >= 0.3 is 0 Å². The molecule has 2 nitrogen and oxygen atoms in total. The Morgan fingerprint density at radius 3 is 2.36 bits per heavy atom. The summed E-state index contributed by atoms with van der Waals surface area (Å²) < 4.78 is 0. The first kappa shape index (κ1) is 9.69. The number of hydroxylamine groups is 1. The topological polar surface area (TPSA) is 32.3 Å². The predicted octanol–water partition coefficient (Wildman–Crippen LogP) is 2.90. The monoisotopic (exact) mass is 191 g/mol. The zero-order valence-electron chi connectivity index (χ0n) is 8.32. The molecule has 1 atom stereocenters. The minimum absolute atomic E-state index is 0.124. The molecule has 0 amide bonds. The van der Waals surface area contributed by atoms with E-state index in [0.717, 1.165) is 0 Å². The Balaban J connectivity index is 2.12. The van der Waals surface area contributed by atoms with Gasteiger partial charge in [-0.2, -0.15) is 5.48 Å². The lowest BCUT2D eigenvalue weighted by Gasteiger charge is -2.21. The molecule has 0 heterocycles. The molecule has 1 fully saturated rings. The van der Waals surface area contributed by atoms with Crippen LogP contribution in [0, 0.1) is 5.92 Å². The van der Waals surface area contributed by atoms with Gasteiger partial charge in [-0.15, -0.1) is 0 Å². The summed E-state index contributed by atoms with van der Waals surface area (Å²) in [4.78, 5) is 0. The van der Waals surface area contributed by atoms with Gasteiger partial charge in [0.2, 0.25) is 0 Å². The molecule has 1 aromatic carbocycles. The van der Waals surface area contributed by atoms with Crippen LogP contribution in [0.25, 0.3) is 0 Å². The average Bonchev–Trinajstić information content (AvgIpc) is 2.74. The van der Waals surface area contributed by atoms with E-state index in [2.05, 4.69) is 17.6 Å². The van der Waals surface area contributed by atoms with E-state index in [1.54, 1.807) is 0 Å². The first-order chi connectivity index (χ1) is 6.92. The Labute approximate surface area is 84.9 Å². The number of nitrogens with one attached hydrogen (secondary N) is 1. The molecule has 1 aliphatic carbocycles. The van der Waals surface area contributed by atoms with Gasteiger partial charge < -0.3 is 5.21 Å². The highest BCUT2D eigenvalue weighted by atomic mass is 16.5. The maximum Gasteiger partial charge on any atom is 0.0597 e.